The smallest absolute Gasteiger partial charge is 0.337 e. The third-order valence-electron chi connectivity index (χ3n) is 2.95. The zero-order valence-corrected chi connectivity index (χ0v) is 12.8. The fourth-order valence-electron chi connectivity index (χ4n) is 1.82. The third kappa shape index (κ3) is 4.64. The Morgan fingerprint density at radius 3 is 2.50 bits per heavy atom. The molecule has 0 atom stereocenters. The van der Waals surface area contributed by atoms with E-state index in [4.69, 9.17) is 0 Å². The van der Waals surface area contributed by atoms with Crippen molar-refractivity contribution < 1.29 is 17.9 Å². The first kappa shape index (κ1) is 16.1. The van der Waals surface area contributed by atoms with Gasteiger partial charge in [0.05, 0.1) is 18.4 Å². The van der Waals surface area contributed by atoms with Gasteiger partial charge in [-0.05, 0) is 29.3 Å². The van der Waals surface area contributed by atoms with Crippen molar-refractivity contribution in [3.63, 3.8) is 0 Å². The number of ether oxygens (including phenoxy) is 1. The van der Waals surface area contributed by atoms with E-state index in [1.165, 1.54) is 19.2 Å². The Balaban J connectivity index is 1.98. The van der Waals surface area contributed by atoms with Crippen LogP contribution in [0.4, 0.5) is 0 Å². The monoisotopic (exact) mass is 320 g/mol. The first-order valence-electron chi connectivity index (χ1n) is 6.54. The number of hydrogen-bond donors (Lipinski definition) is 1. The zero-order valence-electron chi connectivity index (χ0n) is 12.0. The Labute approximate surface area is 129 Å². The van der Waals surface area contributed by atoms with Gasteiger partial charge in [0.25, 0.3) is 0 Å². The number of carbonyl (C=O) groups excluding carboxylic acids is 1. The molecule has 2 rings (SSSR count). The molecule has 0 aliphatic carbocycles. The molecule has 1 heterocycles. The van der Waals surface area contributed by atoms with E-state index in [-0.39, 0.29) is 12.3 Å². The van der Waals surface area contributed by atoms with Gasteiger partial charge in [0.2, 0.25) is 10.0 Å². The molecule has 0 aliphatic rings. The number of aromatic nitrogens is 1. The lowest BCUT2D eigenvalue weighted by Gasteiger charge is -2.07. The maximum absolute atomic E-state index is 12.0. The van der Waals surface area contributed by atoms with Crippen LogP contribution in [0.1, 0.15) is 21.5 Å². The fraction of sp³-hybridized carbons (Fsp3) is 0.200. The first-order chi connectivity index (χ1) is 10.5. The number of benzene rings is 1. The molecule has 0 amide bonds. The Morgan fingerprint density at radius 2 is 1.91 bits per heavy atom. The summed E-state index contributed by atoms with van der Waals surface area (Å²) in [6.07, 6.45) is 3.23. The Bertz CT molecular complexity index is 728. The SMILES string of the molecule is COC(=O)c1ccc(CS(=O)(=O)NCc2cccnc2)cc1. The summed E-state index contributed by atoms with van der Waals surface area (Å²) in [5, 5.41) is 0. The van der Waals surface area contributed by atoms with Crippen molar-refractivity contribution in [1.82, 2.24) is 9.71 Å². The summed E-state index contributed by atoms with van der Waals surface area (Å²) in [5.74, 6) is -0.613. The van der Waals surface area contributed by atoms with E-state index in [2.05, 4.69) is 14.4 Å². The van der Waals surface area contributed by atoms with Gasteiger partial charge in [0.15, 0.2) is 0 Å². The molecule has 0 radical (unpaired) electrons. The summed E-state index contributed by atoms with van der Waals surface area (Å²) in [6, 6.07) is 9.80. The average molecular weight is 320 g/mol. The second kappa shape index (κ2) is 7.15. The van der Waals surface area contributed by atoms with Gasteiger partial charge in [-0.2, -0.15) is 0 Å². The van der Waals surface area contributed by atoms with Gasteiger partial charge in [-0.3, -0.25) is 4.98 Å². The van der Waals surface area contributed by atoms with Crippen LogP contribution in [0, 0.1) is 0 Å². The Kier molecular flexibility index (Phi) is 5.24. The van der Waals surface area contributed by atoms with Gasteiger partial charge in [-0.1, -0.05) is 18.2 Å². The van der Waals surface area contributed by atoms with Crippen molar-refractivity contribution in [2.75, 3.05) is 7.11 Å². The molecule has 0 saturated carbocycles. The standard InChI is InChI=1S/C15H16N2O4S/c1-21-15(18)14-6-4-12(5-7-14)11-22(19,20)17-10-13-3-2-8-16-9-13/h2-9,17H,10-11H2,1H3. The summed E-state index contributed by atoms with van der Waals surface area (Å²) in [7, 11) is -2.17. The predicted octanol–water partition coefficient (Wildman–Crippen LogP) is 1.49. The molecule has 0 fully saturated rings. The molecule has 1 N–H and O–H groups in total. The number of pyridine rings is 1. The van der Waals surface area contributed by atoms with Crippen molar-refractivity contribution >= 4 is 16.0 Å². The quantitative estimate of drug-likeness (QED) is 0.815. The van der Waals surface area contributed by atoms with E-state index in [1.807, 2.05) is 0 Å². The van der Waals surface area contributed by atoms with E-state index in [9.17, 15) is 13.2 Å². The summed E-state index contributed by atoms with van der Waals surface area (Å²) in [6.45, 7) is 0.191. The van der Waals surface area contributed by atoms with Crippen LogP contribution in [0.25, 0.3) is 0 Å². The van der Waals surface area contributed by atoms with E-state index < -0.39 is 16.0 Å². The number of nitrogens with one attached hydrogen (secondary N) is 1. The molecule has 1 aromatic carbocycles. The zero-order chi connectivity index (χ0) is 16.0. The molecule has 7 heteroatoms. The van der Waals surface area contributed by atoms with Crippen LogP contribution in [0.2, 0.25) is 0 Å². The maximum Gasteiger partial charge on any atom is 0.337 e. The van der Waals surface area contributed by atoms with Crippen LogP contribution in [-0.2, 0) is 27.1 Å². The van der Waals surface area contributed by atoms with Gasteiger partial charge < -0.3 is 4.74 Å². The molecule has 22 heavy (non-hydrogen) atoms. The number of esters is 1. The lowest BCUT2D eigenvalue weighted by atomic mass is 10.1. The van der Waals surface area contributed by atoms with Gasteiger partial charge in [0.1, 0.15) is 0 Å². The highest BCUT2D eigenvalue weighted by atomic mass is 32.2. The summed E-state index contributed by atoms with van der Waals surface area (Å²) < 4.78 is 31.2. The summed E-state index contributed by atoms with van der Waals surface area (Å²) in [4.78, 5) is 15.2. The molecule has 0 unspecified atom stereocenters. The van der Waals surface area contributed by atoms with Crippen LogP contribution in [0.15, 0.2) is 48.8 Å². The third-order valence-corrected chi connectivity index (χ3v) is 4.25. The van der Waals surface area contributed by atoms with Crippen LogP contribution in [-0.4, -0.2) is 26.5 Å². The second-order valence-corrected chi connectivity index (χ2v) is 6.44. The average Bonchev–Trinajstić information content (AvgIpc) is 2.54. The highest BCUT2D eigenvalue weighted by Crippen LogP contribution is 2.09. The lowest BCUT2D eigenvalue weighted by molar-refractivity contribution is 0.0600. The fourth-order valence-corrected chi connectivity index (χ4v) is 2.94. The first-order valence-corrected chi connectivity index (χ1v) is 8.19. The van der Waals surface area contributed by atoms with Crippen molar-refractivity contribution in [2.24, 2.45) is 0 Å². The minimum absolute atomic E-state index is 0.158. The minimum atomic E-state index is -3.47. The Morgan fingerprint density at radius 1 is 1.18 bits per heavy atom. The van der Waals surface area contributed by atoms with Gasteiger partial charge in [-0.25, -0.2) is 17.9 Å². The van der Waals surface area contributed by atoms with Crippen LogP contribution in [0.3, 0.4) is 0 Å². The highest BCUT2D eigenvalue weighted by molar-refractivity contribution is 7.88. The van der Waals surface area contributed by atoms with E-state index in [0.717, 1.165) is 5.56 Å². The predicted molar refractivity (Wildman–Crippen MR) is 81.5 cm³/mol. The van der Waals surface area contributed by atoms with Gasteiger partial charge in [0, 0.05) is 18.9 Å². The van der Waals surface area contributed by atoms with Crippen LogP contribution < -0.4 is 4.72 Å². The number of carbonyl (C=O) groups is 1. The molecule has 6 nitrogen and oxygen atoms in total. The minimum Gasteiger partial charge on any atom is -0.465 e. The van der Waals surface area contributed by atoms with E-state index in [1.54, 1.807) is 36.7 Å². The summed E-state index contributed by atoms with van der Waals surface area (Å²) >= 11 is 0. The lowest BCUT2D eigenvalue weighted by Crippen LogP contribution is -2.24. The van der Waals surface area contributed by atoms with E-state index in [0.29, 0.717) is 11.1 Å². The number of rotatable bonds is 6. The van der Waals surface area contributed by atoms with Gasteiger partial charge >= 0.3 is 5.97 Å². The normalized spacial score (nSPS) is 11.1. The Hall–Kier alpha value is -2.25. The molecule has 116 valence electrons. The molecular weight excluding hydrogens is 304 g/mol. The van der Waals surface area contributed by atoms with Crippen LogP contribution >= 0.6 is 0 Å². The molecule has 1 aromatic heterocycles. The molecule has 0 bridgehead atoms. The van der Waals surface area contributed by atoms with Crippen molar-refractivity contribution in [3.05, 3.63) is 65.5 Å². The topological polar surface area (TPSA) is 85.4 Å². The molecule has 2 aromatic rings. The molecular formula is C15H16N2O4S. The second-order valence-electron chi connectivity index (χ2n) is 4.63. The van der Waals surface area contributed by atoms with Gasteiger partial charge in [-0.15, -0.1) is 0 Å². The molecule has 0 spiro atoms. The van der Waals surface area contributed by atoms with Crippen molar-refractivity contribution in [3.8, 4) is 0 Å². The number of sulfonamides is 1. The van der Waals surface area contributed by atoms with Crippen molar-refractivity contribution in [2.45, 2.75) is 12.3 Å². The largest absolute Gasteiger partial charge is 0.465 e. The number of methoxy groups -OCH3 is 1. The van der Waals surface area contributed by atoms with Crippen molar-refractivity contribution in [1.29, 1.82) is 0 Å². The number of nitrogens with zero attached hydrogens (tertiary/aromatic N) is 1. The van der Waals surface area contributed by atoms with E-state index >= 15 is 0 Å². The molecule has 0 saturated heterocycles. The number of hydrogen-bond acceptors (Lipinski definition) is 5. The van der Waals surface area contributed by atoms with Crippen LogP contribution in [0.5, 0.6) is 0 Å². The highest BCUT2D eigenvalue weighted by Gasteiger charge is 2.12. The maximum atomic E-state index is 12.0. The molecule has 0 aliphatic heterocycles. The summed E-state index contributed by atoms with van der Waals surface area (Å²) in [5.41, 5.74) is 1.76.